The van der Waals surface area contributed by atoms with Gasteiger partial charge in [0.15, 0.2) is 0 Å². The molecule has 0 aliphatic carbocycles. The van der Waals surface area contributed by atoms with Crippen LogP contribution in [0.2, 0.25) is 0 Å². The van der Waals surface area contributed by atoms with Crippen LogP contribution in [-0.4, -0.2) is 50.6 Å². The fourth-order valence-electron chi connectivity index (χ4n) is 3.91. The Balaban J connectivity index is 1.41. The zero-order chi connectivity index (χ0) is 22.2. The van der Waals surface area contributed by atoms with Crippen LogP contribution in [0.1, 0.15) is 30.4 Å². The normalized spacial score (nSPS) is 16.0. The standard InChI is InChI=1S/C25H34N4O2/c1-19-7-4-10-22(17-19)27-25(31)29-16-6-9-21(18-29)24(30)26-15-5-8-20-11-13-23(14-12-20)28(2)3/h4,7,10-14,17,21H,5-6,8-9,15-16,18H2,1-3H3,(H,26,30)(H,27,31). The number of hydrogen-bond donors (Lipinski definition) is 2. The molecule has 1 saturated heterocycles. The molecule has 6 heteroatoms. The van der Waals surface area contributed by atoms with Crippen LogP contribution in [0.4, 0.5) is 16.2 Å². The number of carbonyl (C=O) groups excluding carboxylic acids is 2. The van der Waals surface area contributed by atoms with Crippen LogP contribution in [0, 0.1) is 12.8 Å². The van der Waals surface area contributed by atoms with E-state index in [1.165, 1.54) is 11.3 Å². The second-order valence-corrected chi connectivity index (χ2v) is 8.54. The summed E-state index contributed by atoms with van der Waals surface area (Å²) >= 11 is 0. The van der Waals surface area contributed by atoms with Crippen molar-refractivity contribution in [3.8, 4) is 0 Å². The summed E-state index contributed by atoms with van der Waals surface area (Å²) in [5.41, 5.74) is 4.35. The molecule has 166 valence electrons. The Bertz CT molecular complexity index is 879. The van der Waals surface area contributed by atoms with E-state index in [0.29, 0.717) is 19.6 Å². The van der Waals surface area contributed by atoms with Gasteiger partial charge in [-0.15, -0.1) is 0 Å². The van der Waals surface area contributed by atoms with Crippen LogP contribution in [0.3, 0.4) is 0 Å². The van der Waals surface area contributed by atoms with E-state index in [1.54, 1.807) is 4.90 Å². The number of amides is 3. The molecule has 1 heterocycles. The Labute approximate surface area is 185 Å². The van der Waals surface area contributed by atoms with Crippen LogP contribution in [0.15, 0.2) is 48.5 Å². The van der Waals surface area contributed by atoms with E-state index in [4.69, 9.17) is 0 Å². The van der Waals surface area contributed by atoms with Crippen molar-refractivity contribution in [2.75, 3.05) is 43.9 Å². The fourth-order valence-corrected chi connectivity index (χ4v) is 3.91. The third kappa shape index (κ3) is 6.74. The number of nitrogens with zero attached hydrogens (tertiary/aromatic N) is 2. The molecule has 0 bridgehead atoms. The lowest BCUT2D eigenvalue weighted by atomic mass is 9.97. The molecule has 1 aliphatic heterocycles. The lowest BCUT2D eigenvalue weighted by Gasteiger charge is -2.32. The molecule has 1 unspecified atom stereocenters. The predicted molar refractivity (Wildman–Crippen MR) is 127 cm³/mol. The number of nitrogens with one attached hydrogen (secondary N) is 2. The maximum Gasteiger partial charge on any atom is 0.321 e. The summed E-state index contributed by atoms with van der Waals surface area (Å²) in [6.07, 6.45) is 3.50. The van der Waals surface area contributed by atoms with Gasteiger partial charge in [0.2, 0.25) is 5.91 Å². The molecule has 2 aromatic carbocycles. The van der Waals surface area contributed by atoms with Crippen LogP contribution >= 0.6 is 0 Å². The topological polar surface area (TPSA) is 64.7 Å². The lowest BCUT2D eigenvalue weighted by Crippen LogP contribution is -2.47. The quantitative estimate of drug-likeness (QED) is 0.662. The maximum atomic E-state index is 12.6. The summed E-state index contributed by atoms with van der Waals surface area (Å²) < 4.78 is 0. The Morgan fingerprint density at radius 1 is 1.13 bits per heavy atom. The highest BCUT2D eigenvalue weighted by atomic mass is 16.2. The first-order chi connectivity index (χ1) is 14.9. The van der Waals surface area contributed by atoms with Gasteiger partial charge in [0.05, 0.1) is 5.92 Å². The molecule has 1 fully saturated rings. The number of carbonyl (C=O) groups is 2. The second kappa shape index (κ2) is 10.8. The summed E-state index contributed by atoms with van der Waals surface area (Å²) in [4.78, 5) is 29.1. The molecule has 2 aromatic rings. The van der Waals surface area contributed by atoms with E-state index in [9.17, 15) is 9.59 Å². The molecule has 2 N–H and O–H groups in total. The second-order valence-electron chi connectivity index (χ2n) is 8.54. The van der Waals surface area contributed by atoms with Crippen molar-refractivity contribution in [1.82, 2.24) is 10.2 Å². The van der Waals surface area contributed by atoms with Gasteiger partial charge in [0.25, 0.3) is 0 Å². The van der Waals surface area contributed by atoms with Gasteiger partial charge in [0.1, 0.15) is 0 Å². The van der Waals surface area contributed by atoms with Crippen LogP contribution in [0.25, 0.3) is 0 Å². The molecule has 0 radical (unpaired) electrons. The van der Waals surface area contributed by atoms with E-state index in [2.05, 4.69) is 39.8 Å². The van der Waals surface area contributed by atoms with Gasteiger partial charge in [-0.2, -0.15) is 0 Å². The first-order valence-corrected chi connectivity index (χ1v) is 11.1. The summed E-state index contributed by atoms with van der Waals surface area (Å²) in [6.45, 7) is 3.80. The highest BCUT2D eigenvalue weighted by Gasteiger charge is 2.28. The summed E-state index contributed by atoms with van der Waals surface area (Å²) in [7, 11) is 4.06. The van der Waals surface area contributed by atoms with Gasteiger partial charge in [-0.25, -0.2) is 4.79 Å². The third-order valence-corrected chi connectivity index (χ3v) is 5.74. The van der Waals surface area contributed by atoms with Gasteiger partial charge in [-0.05, 0) is 68.0 Å². The van der Waals surface area contributed by atoms with E-state index in [0.717, 1.165) is 36.9 Å². The highest BCUT2D eigenvalue weighted by molar-refractivity contribution is 5.90. The van der Waals surface area contributed by atoms with Gasteiger partial charge >= 0.3 is 6.03 Å². The lowest BCUT2D eigenvalue weighted by molar-refractivity contribution is -0.126. The average molecular weight is 423 g/mol. The minimum absolute atomic E-state index is 0.0519. The van der Waals surface area contributed by atoms with Crippen molar-refractivity contribution in [2.24, 2.45) is 5.92 Å². The summed E-state index contributed by atoms with van der Waals surface area (Å²) in [5.74, 6) is -0.0904. The zero-order valence-electron chi connectivity index (χ0n) is 18.9. The Kier molecular flexibility index (Phi) is 7.93. The van der Waals surface area contributed by atoms with E-state index >= 15 is 0 Å². The minimum atomic E-state index is -0.142. The van der Waals surface area contributed by atoms with Crippen LogP contribution in [-0.2, 0) is 11.2 Å². The minimum Gasteiger partial charge on any atom is -0.378 e. The molecule has 6 nitrogen and oxygen atoms in total. The van der Waals surface area contributed by atoms with E-state index in [1.807, 2.05) is 45.3 Å². The molecular weight excluding hydrogens is 388 g/mol. The number of rotatable bonds is 7. The van der Waals surface area contributed by atoms with Crippen molar-refractivity contribution >= 4 is 23.3 Å². The third-order valence-electron chi connectivity index (χ3n) is 5.74. The summed E-state index contributed by atoms with van der Waals surface area (Å²) in [5, 5.41) is 6.01. The Morgan fingerprint density at radius 2 is 1.90 bits per heavy atom. The van der Waals surface area contributed by atoms with Crippen LogP contribution < -0.4 is 15.5 Å². The summed E-state index contributed by atoms with van der Waals surface area (Å²) in [6, 6.07) is 16.1. The molecule has 1 aliphatic rings. The molecule has 0 aromatic heterocycles. The van der Waals surface area contributed by atoms with Crippen LogP contribution in [0.5, 0.6) is 0 Å². The molecule has 3 amide bonds. The monoisotopic (exact) mass is 422 g/mol. The van der Waals surface area contributed by atoms with Gasteiger partial charge in [0, 0.05) is 45.1 Å². The zero-order valence-corrected chi connectivity index (χ0v) is 18.9. The first-order valence-electron chi connectivity index (χ1n) is 11.1. The fraction of sp³-hybridized carbons (Fsp3) is 0.440. The number of urea groups is 1. The molecule has 31 heavy (non-hydrogen) atoms. The van der Waals surface area contributed by atoms with Crippen molar-refractivity contribution in [2.45, 2.75) is 32.6 Å². The van der Waals surface area contributed by atoms with Crippen molar-refractivity contribution < 1.29 is 9.59 Å². The smallest absolute Gasteiger partial charge is 0.321 e. The molecule has 3 rings (SSSR count). The molecule has 0 spiro atoms. The van der Waals surface area contributed by atoms with Gasteiger partial charge < -0.3 is 20.4 Å². The number of anilines is 2. The number of likely N-dealkylation sites (tertiary alicyclic amines) is 1. The molecule has 1 atom stereocenters. The Hall–Kier alpha value is -3.02. The number of hydrogen-bond acceptors (Lipinski definition) is 3. The Morgan fingerprint density at radius 3 is 2.61 bits per heavy atom. The first kappa shape index (κ1) is 22.7. The largest absolute Gasteiger partial charge is 0.378 e. The number of piperidine rings is 1. The predicted octanol–water partition coefficient (Wildman–Crippen LogP) is 4.05. The van der Waals surface area contributed by atoms with Crippen molar-refractivity contribution in [1.29, 1.82) is 0 Å². The van der Waals surface area contributed by atoms with Crippen molar-refractivity contribution in [3.05, 3.63) is 59.7 Å². The molecular formula is C25H34N4O2. The van der Waals surface area contributed by atoms with Gasteiger partial charge in [-0.3, -0.25) is 4.79 Å². The van der Waals surface area contributed by atoms with Crippen molar-refractivity contribution in [3.63, 3.8) is 0 Å². The highest BCUT2D eigenvalue weighted by Crippen LogP contribution is 2.19. The number of benzene rings is 2. The molecule has 0 saturated carbocycles. The van der Waals surface area contributed by atoms with Gasteiger partial charge in [-0.1, -0.05) is 24.3 Å². The average Bonchev–Trinajstić information content (AvgIpc) is 2.77. The van der Waals surface area contributed by atoms with E-state index < -0.39 is 0 Å². The maximum absolute atomic E-state index is 12.6. The SMILES string of the molecule is Cc1cccc(NC(=O)N2CCCC(C(=O)NCCCc3ccc(N(C)C)cc3)C2)c1. The van der Waals surface area contributed by atoms with E-state index in [-0.39, 0.29) is 17.9 Å². The number of aryl methyl sites for hydroxylation is 2.